The van der Waals surface area contributed by atoms with Gasteiger partial charge in [-0.15, -0.1) is 0 Å². The van der Waals surface area contributed by atoms with Gasteiger partial charge in [-0.05, 0) is 25.2 Å². The van der Waals surface area contributed by atoms with Gasteiger partial charge in [-0.3, -0.25) is 9.69 Å². The van der Waals surface area contributed by atoms with Crippen LogP contribution in [0.3, 0.4) is 0 Å². The Labute approximate surface area is 152 Å². The molecule has 3 N–H and O–H groups in total. The quantitative estimate of drug-likeness (QED) is 0.659. The highest BCUT2D eigenvalue weighted by Gasteiger charge is 2.15. The summed E-state index contributed by atoms with van der Waals surface area (Å²) in [5, 5.41) is 4.57. The predicted molar refractivity (Wildman–Crippen MR) is 107 cm³/mol. The molecule has 3 aromatic rings. The number of aromatic nitrogens is 2. The third-order valence-corrected chi connectivity index (χ3v) is 5.10. The first kappa shape index (κ1) is 16.9. The molecule has 0 saturated carbocycles. The van der Waals surface area contributed by atoms with E-state index in [1.807, 2.05) is 36.4 Å². The number of para-hydroxylation sites is 1. The highest BCUT2D eigenvalue weighted by Crippen LogP contribution is 2.26. The molecular formula is C20H25N5O. The molecule has 2 aromatic heterocycles. The number of hydrogen-bond donors (Lipinski definition) is 3. The lowest BCUT2D eigenvalue weighted by Crippen LogP contribution is -2.45. The van der Waals surface area contributed by atoms with E-state index in [9.17, 15) is 4.79 Å². The first-order chi connectivity index (χ1) is 12.7. The first-order valence-corrected chi connectivity index (χ1v) is 9.15. The lowest BCUT2D eigenvalue weighted by molar-refractivity contribution is 0.158. The van der Waals surface area contributed by atoms with Crippen molar-refractivity contribution in [2.45, 2.75) is 0 Å². The second-order valence-electron chi connectivity index (χ2n) is 6.94. The zero-order valence-corrected chi connectivity index (χ0v) is 15.1. The van der Waals surface area contributed by atoms with E-state index >= 15 is 0 Å². The van der Waals surface area contributed by atoms with Crippen LogP contribution in [0.25, 0.3) is 22.2 Å². The van der Waals surface area contributed by atoms with E-state index in [-0.39, 0.29) is 5.56 Å². The fourth-order valence-electron chi connectivity index (χ4n) is 3.52. The number of nitrogens with zero attached hydrogens (tertiary/aromatic N) is 2. The zero-order valence-electron chi connectivity index (χ0n) is 15.1. The number of aromatic amines is 2. The number of piperazine rings is 1. The van der Waals surface area contributed by atoms with Gasteiger partial charge in [-0.25, -0.2) is 0 Å². The second kappa shape index (κ2) is 7.35. The molecule has 6 heteroatoms. The summed E-state index contributed by atoms with van der Waals surface area (Å²) < 4.78 is 0. The van der Waals surface area contributed by atoms with Gasteiger partial charge < -0.3 is 20.2 Å². The smallest absolute Gasteiger partial charge is 0.259 e. The number of benzene rings is 1. The molecule has 4 rings (SSSR count). The summed E-state index contributed by atoms with van der Waals surface area (Å²) in [6.07, 6.45) is 1.70. The fraction of sp³-hybridized carbons (Fsp3) is 0.350. The van der Waals surface area contributed by atoms with E-state index < -0.39 is 0 Å². The number of rotatable bonds is 5. The molecule has 0 bridgehead atoms. The van der Waals surface area contributed by atoms with Crippen LogP contribution < -0.4 is 10.9 Å². The molecule has 1 fully saturated rings. The molecular weight excluding hydrogens is 326 g/mol. The van der Waals surface area contributed by atoms with Crippen LogP contribution in [0.5, 0.6) is 0 Å². The Bertz CT molecular complexity index is 904. The number of fused-ring (bicyclic) bond motifs is 1. The van der Waals surface area contributed by atoms with Crippen LogP contribution in [0.4, 0.5) is 5.69 Å². The van der Waals surface area contributed by atoms with Crippen molar-refractivity contribution in [2.75, 3.05) is 51.6 Å². The van der Waals surface area contributed by atoms with Crippen molar-refractivity contribution in [2.24, 2.45) is 0 Å². The van der Waals surface area contributed by atoms with Crippen molar-refractivity contribution in [1.29, 1.82) is 0 Å². The normalized spacial score (nSPS) is 16.2. The van der Waals surface area contributed by atoms with Gasteiger partial charge in [0.15, 0.2) is 0 Å². The largest absolute Gasteiger partial charge is 0.383 e. The molecule has 0 spiro atoms. The van der Waals surface area contributed by atoms with Crippen molar-refractivity contribution in [3.63, 3.8) is 0 Å². The molecule has 26 heavy (non-hydrogen) atoms. The Morgan fingerprint density at radius 3 is 2.73 bits per heavy atom. The molecule has 1 saturated heterocycles. The number of H-pyrrole nitrogens is 2. The van der Waals surface area contributed by atoms with E-state index in [4.69, 9.17) is 0 Å². The molecule has 136 valence electrons. The molecule has 1 aliphatic rings. The Morgan fingerprint density at radius 1 is 1.12 bits per heavy atom. The lowest BCUT2D eigenvalue weighted by Gasteiger charge is -2.32. The minimum Gasteiger partial charge on any atom is -0.383 e. The van der Waals surface area contributed by atoms with Crippen molar-refractivity contribution < 1.29 is 0 Å². The van der Waals surface area contributed by atoms with E-state index in [2.05, 4.69) is 32.1 Å². The number of hydrogen-bond acceptors (Lipinski definition) is 4. The average Bonchev–Trinajstić information content (AvgIpc) is 3.07. The third-order valence-electron chi connectivity index (χ3n) is 5.10. The van der Waals surface area contributed by atoms with Crippen LogP contribution in [0.2, 0.25) is 0 Å². The lowest BCUT2D eigenvalue weighted by atomic mass is 10.1. The molecule has 0 atom stereocenters. The second-order valence-corrected chi connectivity index (χ2v) is 6.94. The summed E-state index contributed by atoms with van der Waals surface area (Å²) >= 11 is 0. The minimum atomic E-state index is -0.0823. The maximum Gasteiger partial charge on any atom is 0.259 e. The maximum absolute atomic E-state index is 12.5. The number of likely N-dealkylation sites (N-methyl/N-ethyl adjacent to an activating group) is 1. The molecule has 0 radical (unpaired) electrons. The van der Waals surface area contributed by atoms with Crippen molar-refractivity contribution in [3.05, 3.63) is 52.9 Å². The molecule has 0 amide bonds. The SMILES string of the molecule is CN1CCN(CCNc2cc[nH]c(=O)c2-c2cc3ccccc3[nH]2)CC1. The summed E-state index contributed by atoms with van der Waals surface area (Å²) in [5.41, 5.74) is 3.34. The molecule has 6 nitrogen and oxygen atoms in total. The summed E-state index contributed by atoms with van der Waals surface area (Å²) in [4.78, 5) is 23.5. The highest BCUT2D eigenvalue weighted by atomic mass is 16.1. The van der Waals surface area contributed by atoms with E-state index in [0.717, 1.165) is 61.6 Å². The van der Waals surface area contributed by atoms with Crippen LogP contribution in [-0.2, 0) is 0 Å². The van der Waals surface area contributed by atoms with Gasteiger partial charge in [0.05, 0.1) is 16.9 Å². The molecule has 0 unspecified atom stereocenters. The van der Waals surface area contributed by atoms with E-state index in [1.54, 1.807) is 6.20 Å². The monoisotopic (exact) mass is 351 g/mol. The van der Waals surface area contributed by atoms with Crippen LogP contribution in [-0.4, -0.2) is 66.1 Å². The third kappa shape index (κ3) is 3.52. The van der Waals surface area contributed by atoms with Crippen molar-refractivity contribution in [3.8, 4) is 11.3 Å². The van der Waals surface area contributed by atoms with Gasteiger partial charge in [0.2, 0.25) is 0 Å². The van der Waals surface area contributed by atoms with Gasteiger partial charge in [-0.2, -0.15) is 0 Å². The fourth-order valence-corrected chi connectivity index (χ4v) is 3.52. The van der Waals surface area contributed by atoms with Gasteiger partial charge in [-0.1, -0.05) is 18.2 Å². The summed E-state index contributed by atoms with van der Waals surface area (Å²) in [5.74, 6) is 0. The Hall–Kier alpha value is -2.57. The Morgan fingerprint density at radius 2 is 1.92 bits per heavy atom. The Kier molecular flexibility index (Phi) is 4.77. The minimum absolute atomic E-state index is 0.0823. The average molecular weight is 351 g/mol. The summed E-state index contributed by atoms with van der Waals surface area (Å²) in [6, 6.07) is 12.0. The molecule has 1 aliphatic heterocycles. The van der Waals surface area contributed by atoms with Gasteiger partial charge >= 0.3 is 0 Å². The maximum atomic E-state index is 12.5. The molecule has 3 heterocycles. The molecule has 1 aromatic carbocycles. The number of nitrogens with one attached hydrogen (secondary N) is 3. The zero-order chi connectivity index (χ0) is 17.9. The van der Waals surface area contributed by atoms with Crippen LogP contribution in [0.15, 0.2) is 47.4 Å². The number of pyridine rings is 1. The number of anilines is 1. The van der Waals surface area contributed by atoms with Gasteiger partial charge in [0.1, 0.15) is 0 Å². The van der Waals surface area contributed by atoms with Crippen LogP contribution in [0, 0.1) is 0 Å². The predicted octanol–water partition coefficient (Wildman–Crippen LogP) is 2.18. The van der Waals surface area contributed by atoms with E-state index in [1.165, 1.54) is 0 Å². The summed E-state index contributed by atoms with van der Waals surface area (Å²) in [7, 11) is 2.17. The van der Waals surface area contributed by atoms with E-state index in [0.29, 0.717) is 5.56 Å². The van der Waals surface area contributed by atoms with Crippen molar-refractivity contribution in [1.82, 2.24) is 19.8 Å². The first-order valence-electron chi connectivity index (χ1n) is 9.15. The van der Waals surface area contributed by atoms with Gasteiger partial charge in [0.25, 0.3) is 5.56 Å². The van der Waals surface area contributed by atoms with Crippen LogP contribution >= 0.6 is 0 Å². The topological polar surface area (TPSA) is 67.2 Å². The van der Waals surface area contributed by atoms with Crippen molar-refractivity contribution >= 4 is 16.6 Å². The standard InChI is InChI=1S/C20H25N5O/c1-24-10-12-25(13-11-24)9-8-21-17-6-7-22-20(26)19(17)18-14-15-4-2-3-5-16(15)23-18/h2-7,14,23H,8-13H2,1H3,(H2,21,22,26). The Balaban J connectivity index is 1.52. The molecule has 0 aliphatic carbocycles. The highest BCUT2D eigenvalue weighted by molar-refractivity contribution is 5.88. The van der Waals surface area contributed by atoms with Gasteiger partial charge in [0, 0.05) is 56.4 Å². The summed E-state index contributed by atoms with van der Waals surface area (Å²) in [6.45, 7) is 6.23. The van der Waals surface area contributed by atoms with Crippen LogP contribution in [0.1, 0.15) is 0 Å².